The Labute approximate surface area is 125 Å². The largest absolute Gasteiger partial charge is 0.399 e. The van der Waals surface area contributed by atoms with Crippen LogP contribution in [0.4, 0.5) is 15.8 Å². The summed E-state index contributed by atoms with van der Waals surface area (Å²) in [6.45, 7) is 6.50. The van der Waals surface area contributed by atoms with Gasteiger partial charge in [-0.05, 0) is 50.4 Å². The normalized spacial score (nSPS) is 22.4. The molecule has 2 atom stereocenters. The monoisotopic (exact) mass is 293 g/mol. The molecule has 2 rings (SSSR count). The summed E-state index contributed by atoms with van der Waals surface area (Å²) in [5.41, 5.74) is 6.18. The number of nitrogens with two attached hydrogens (primary N) is 1. The van der Waals surface area contributed by atoms with E-state index in [1.165, 1.54) is 24.6 Å². The predicted molar refractivity (Wildman–Crippen MR) is 83.5 cm³/mol. The quantitative estimate of drug-likeness (QED) is 0.821. The lowest BCUT2D eigenvalue weighted by Crippen LogP contribution is -2.29. The van der Waals surface area contributed by atoms with Crippen molar-refractivity contribution in [1.29, 1.82) is 0 Å². The Morgan fingerprint density at radius 1 is 1.48 bits per heavy atom. The minimum Gasteiger partial charge on any atom is -0.399 e. The average molecular weight is 293 g/mol. The Morgan fingerprint density at radius 2 is 2.24 bits per heavy atom. The summed E-state index contributed by atoms with van der Waals surface area (Å²) in [5.74, 6) is 0.106. The molecule has 4 nitrogen and oxygen atoms in total. The second kappa shape index (κ2) is 6.89. The molecule has 21 heavy (non-hydrogen) atoms. The van der Waals surface area contributed by atoms with Crippen LogP contribution in [-0.4, -0.2) is 29.9 Å². The van der Waals surface area contributed by atoms with Crippen LogP contribution in [-0.2, 0) is 4.79 Å². The average Bonchev–Trinajstić information content (AvgIpc) is 2.72. The van der Waals surface area contributed by atoms with Gasteiger partial charge in [-0.25, -0.2) is 4.39 Å². The molecule has 0 aliphatic carbocycles. The molecule has 0 saturated carbocycles. The lowest BCUT2D eigenvalue weighted by atomic mass is 10.1. The number of carbonyl (C=O) groups is 1. The molecule has 0 aromatic heterocycles. The molecular formula is C16H24FN3O. The molecule has 0 bridgehead atoms. The fourth-order valence-electron chi connectivity index (χ4n) is 2.99. The predicted octanol–water partition coefficient (Wildman–Crippen LogP) is 2.86. The Balaban J connectivity index is 1.76. The zero-order valence-electron chi connectivity index (χ0n) is 12.7. The maximum absolute atomic E-state index is 13.5. The summed E-state index contributed by atoms with van der Waals surface area (Å²) in [6, 6.07) is 4.77. The number of halogens is 1. The molecule has 3 N–H and O–H groups in total. The van der Waals surface area contributed by atoms with Crippen molar-refractivity contribution in [2.75, 3.05) is 24.1 Å². The zero-order valence-corrected chi connectivity index (χ0v) is 12.7. The van der Waals surface area contributed by atoms with Crippen LogP contribution in [0.2, 0.25) is 0 Å². The molecule has 1 heterocycles. The fourth-order valence-corrected chi connectivity index (χ4v) is 2.99. The number of nitrogen functional groups attached to an aromatic ring is 1. The number of benzene rings is 1. The van der Waals surface area contributed by atoms with Crippen molar-refractivity contribution in [2.45, 2.75) is 39.2 Å². The van der Waals surface area contributed by atoms with E-state index in [2.05, 4.69) is 24.1 Å². The van der Waals surface area contributed by atoms with Crippen LogP contribution in [0.25, 0.3) is 0 Å². The fraction of sp³-hybridized carbons (Fsp3) is 0.562. The molecular weight excluding hydrogens is 269 g/mol. The molecule has 0 spiro atoms. The number of amides is 1. The second-order valence-corrected chi connectivity index (χ2v) is 6.08. The Hall–Kier alpha value is -1.62. The van der Waals surface area contributed by atoms with Gasteiger partial charge in [-0.15, -0.1) is 0 Å². The highest BCUT2D eigenvalue weighted by molar-refractivity contribution is 5.91. The van der Waals surface area contributed by atoms with Gasteiger partial charge >= 0.3 is 0 Å². The van der Waals surface area contributed by atoms with Crippen molar-refractivity contribution in [3.63, 3.8) is 0 Å². The van der Waals surface area contributed by atoms with Crippen LogP contribution in [0.3, 0.4) is 0 Å². The van der Waals surface area contributed by atoms with E-state index in [0.29, 0.717) is 18.2 Å². The number of likely N-dealkylation sites (tertiary alicyclic amines) is 1. The summed E-state index contributed by atoms with van der Waals surface area (Å²) in [7, 11) is 0. The first kappa shape index (κ1) is 15.8. The number of rotatable bonds is 5. The van der Waals surface area contributed by atoms with Crippen molar-refractivity contribution in [2.24, 2.45) is 5.92 Å². The van der Waals surface area contributed by atoms with Gasteiger partial charge in [-0.1, -0.05) is 6.92 Å². The van der Waals surface area contributed by atoms with Crippen LogP contribution < -0.4 is 11.1 Å². The van der Waals surface area contributed by atoms with Gasteiger partial charge in [-0.3, -0.25) is 4.79 Å². The number of nitrogens with one attached hydrogen (secondary N) is 1. The Bertz CT molecular complexity index is 506. The summed E-state index contributed by atoms with van der Waals surface area (Å²) in [4.78, 5) is 14.3. The number of nitrogens with zero attached hydrogens (tertiary/aromatic N) is 1. The number of hydrogen-bond donors (Lipinski definition) is 2. The summed E-state index contributed by atoms with van der Waals surface area (Å²) in [5, 5.41) is 2.58. The smallest absolute Gasteiger partial charge is 0.224 e. The van der Waals surface area contributed by atoms with Crippen LogP contribution in [0.5, 0.6) is 0 Å². The number of carbonyl (C=O) groups excluding carboxylic acids is 1. The van der Waals surface area contributed by atoms with Crippen molar-refractivity contribution in [1.82, 2.24) is 4.90 Å². The summed E-state index contributed by atoms with van der Waals surface area (Å²) >= 11 is 0. The van der Waals surface area contributed by atoms with Gasteiger partial charge in [0, 0.05) is 24.7 Å². The third-order valence-corrected chi connectivity index (χ3v) is 4.03. The summed E-state index contributed by atoms with van der Waals surface area (Å²) in [6.07, 6.45) is 2.40. The van der Waals surface area contributed by atoms with E-state index >= 15 is 0 Å². The highest BCUT2D eigenvalue weighted by Gasteiger charge is 2.25. The SMILES string of the molecule is CC1CC(C)N(CCCC(=O)Nc2cc(N)ccc2F)C1. The molecule has 1 aliphatic heterocycles. The zero-order chi connectivity index (χ0) is 15.4. The molecule has 2 unspecified atom stereocenters. The lowest BCUT2D eigenvalue weighted by Gasteiger charge is -2.20. The summed E-state index contributed by atoms with van der Waals surface area (Å²) < 4.78 is 13.5. The molecule has 116 valence electrons. The molecule has 1 amide bonds. The molecule has 0 radical (unpaired) electrons. The van der Waals surface area contributed by atoms with Crippen LogP contribution >= 0.6 is 0 Å². The maximum atomic E-state index is 13.5. The Kier molecular flexibility index (Phi) is 5.17. The topological polar surface area (TPSA) is 58.4 Å². The third kappa shape index (κ3) is 4.43. The first-order chi connectivity index (χ1) is 9.95. The van der Waals surface area contributed by atoms with Gasteiger partial charge < -0.3 is 16.0 Å². The molecule has 1 aromatic carbocycles. The van der Waals surface area contributed by atoms with E-state index in [9.17, 15) is 9.18 Å². The van der Waals surface area contributed by atoms with E-state index < -0.39 is 5.82 Å². The number of anilines is 2. The molecule has 5 heteroatoms. The van der Waals surface area contributed by atoms with E-state index in [0.717, 1.165) is 25.4 Å². The van der Waals surface area contributed by atoms with Crippen LogP contribution in [0.1, 0.15) is 33.1 Å². The first-order valence-electron chi connectivity index (χ1n) is 7.54. The highest BCUT2D eigenvalue weighted by Crippen LogP contribution is 2.22. The van der Waals surface area contributed by atoms with Gasteiger partial charge in [0.05, 0.1) is 5.69 Å². The van der Waals surface area contributed by atoms with Gasteiger partial charge in [0.25, 0.3) is 0 Å². The van der Waals surface area contributed by atoms with E-state index in [1.54, 1.807) is 0 Å². The van der Waals surface area contributed by atoms with Gasteiger partial charge in [0.1, 0.15) is 5.82 Å². The number of hydrogen-bond acceptors (Lipinski definition) is 3. The van der Waals surface area contributed by atoms with Crippen molar-refractivity contribution in [3.8, 4) is 0 Å². The standard InChI is InChI=1S/C16H24FN3O/c1-11-8-12(2)20(10-11)7-3-4-16(21)19-15-9-13(18)5-6-14(15)17/h5-6,9,11-12H,3-4,7-8,10,18H2,1-2H3,(H,19,21). The Morgan fingerprint density at radius 3 is 2.90 bits per heavy atom. The van der Waals surface area contributed by atoms with E-state index in [4.69, 9.17) is 5.73 Å². The first-order valence-corrected chi connectivity index (χ1v) is 7.54. The second-order valence-electron chi connectivity index (χ2n) is 6.08. The maximum Gasteiger partial charge on any atom is 0.224 e. The minimum absolute atomic E-state index is 0.156. The van der Waals surface area contributed by atoms with Gasteiger partial charge in [-0.2, -0.15) is 0 Å². The van der Waals surface area contributed by atoms with E-state index in [1.807, 2.05) is 0 Å². The van der Waals surface area contributed by atoms with E-state index in [-0.39, 0.29) is 11.6 Å². The van der Waals surface area contributed by atoms with Gasteiger partial charge in [0.15, 0.2) is 0 Å². The van der Waals surface area contributed by atoms with Crippen LogP contribution in [0.15, 0.2) is 18.2 Å². The van der Waals surface area contributed by atoms with Gasteiger partial charge in [0.2, 0.25) is 5.91 Å². The lowest BCUT2D eigenvalue weighted by molar-refractivity contribution is -0.116. The molecule has 1 aliphatic rings. The molecule has 1 fully saturated rings. The molecule has 1 saturated heterocycles. The highest BCUT2D eigenvalue weighted by atomic mass is 19.1. The van der Waals surface area contributed by atoms with Crippen LogP contribution in [0, 0.1) is 11.7 Å². The van der Waals surface area contributed by atoms with Crippen molar-refractivity contribution >= 4 is 17.3 Å². The molecule has 1 aromatic rings. The van der Waals surface area contributed by atoms with Crippen molar-refractivity contribution < 1.29 is 9.18 Å². The minimum atomic E-state index is -0.459. The third-order valence-electron chi connectivity index (χ3n) is 4.03. The van der Waals surface area contributed by atoms with Crippen molar-refractivity contribution in [3.05, 3.63) is 24.0 Å².